The number of amides is 2. The molecule has 232 valence electrons. The standard InChI is InChI=1S/C32H42Cl2N6O2S/c1-21(2)14-27-19-40(31(42)29(35)16-24-11-12-25(33)17-28(24)34)26(10-7-13-36-32-38-37-20-43-32)18-39(27)30(41)15-22(3)23-8-5-4-6-9-23/h4-6,8-9,11-12,17,20-22,26-27,29H,7,10,13-16,18-19,35H2,1-3H3,(H,36,38)/t22-,26+,27-,29-/m1/s1. The van der Waals surface area contributed by atoms with Gasteiger partial charge in [-0.25, -0.2) is 0 Å². The Morgan fingerprint density at radius 2 is 1.81 bits per heavy atom. The van der Waals surface area contributed by atoms with E-state index in [9.17, 15) is 9.59 Å². The third kappa shape index (κ3) is 9.38. The molecular formula is C32H42Cl2N6O2S. The average Bonchev–Trinajstić information content (AvgIpc) is 3.50. The van der Waals surface area contributed by atoms with Gasteiger partial charge in [-0.1, -0.05) is 91.7 Å². The van der Waals surface area contributed by atoms with Crippen LogP contribution >= 0.6 is 34.5 Å². The van der Waals surface area contributed by atoms with Crippen LogP contribution in [0.3, 0.4) is 0 Å². The van der Waals surface area contributed by atoms with Crippen LogP contribution in [0.25, 0.3) is 0 Å². The number of carbonyl (C=O) groups excluding carboxylic acids is 2. The summed E-state index contributed by atoms with van der Waals surface area (Å²) >= 11 is 13.9. The molecule has 3 N–H and O–H groups in total. The van der Waals surface area contributed by atoms with E-state index in [2.05, 4.69) is 48.4 Å². The van der Waals surface area contributed by atoms with Gasteiger partial charge in [0, 0.05) is 48.2 Å². The molecule has 4 atom stereocenters. The van der Waals surface area contributed by atoms with Crippen LogP contribution in [0, 0.1) is 5.92 Å². The summed E-state index contributed by atoms with van der Waals surface area (Å²) in [7, 11) is 0. The molecule has 43 heavy (non-hydrogen) atoms. The maximum Gasteiger partial charge on any atom is 0.240 e. The molecule has 11 heteroatoms. The highest BCUT2D eigenvalue weighted by molar-refractivity contribution is 7.13. The van der Waals surface area contributed by atoms with Gasteiger partial charge >= 0.3 is 0 Å². The van der Waals surface area contributed by atoms with E-state index in [4.69, 9.17) is 28.9 Å². The second-order valence-corrected chi connectivity index (χ2v) is 13.5. The first-order chi connectivity index (χ1) is 20.6. The fourth-order valence-electron chi connectivity index (χ4n) is 5.80. The Hall–Kier alpha value is -2.72. The zero-order valence-corrected chi connectivity index (χ0v) is 27.4. The molecule has 3 aromatic rings. The normalized spacial score (nSPS) is 18.5. The molecule has 8 nitrogen and oxygen atoms in total. The zero-order valence-electron chi connectivity index (χ0n) is 25.1. The van der Waals surface area contributed by atoms with Gasteiger partial charge in [-0.3, -0.25) is 9.59 Å². The first kappa shape index (κ1) is 33.2. The van der Waals surface area contributed by atoms with E-state index in [0.29, 0.717) is 48.4 Å². The monoisotopic (exact) mass is 644 g/mol. The molecular weight excluding hydrogens is 603 g/mol. The number of piperazine rings is 1. The summed E-state index contributed by atoms with van der Waals surface area (Å²) in [6.45, 7) is 8.04. The van der Waals surface area contributed by atoms with E-state index in [1.165, 1.54) is 11.3 Å². The summed E-state index contributed by atoms with van der Waals surface area (Å²) in [5.41, 5.74) is 10.2. The molecule has 0 saturated carbocycles. The predicted octanol–water partition coefficient (Wildman–Crippen LogP) is 6.25. The van der Waals surface area contributed by atoms with Gasteiger partial charge in [0.15, 0.2) is 0 Å². The molecule has 0 bridgehead atoms. The lowest BCUT2D eigenvalue weighted by Crippen LogP contribution is -2.63. The third-order valence-electron chi connectivity index (χ3n) is 8.02. The van der Waals surface area contributed by atoms with Gasteiger partial charge in [0.2, 0.25) is 16.9 Å². The molecule has 2 aromatic carbocycles. The summed E-state index contributed by atoms with van der Waals surface area (Å²) in [5, 5.41) is 13.0. The van der Waals surface area contributed by atoms with Gasteiger partial charge in [0.25, 0.3) is 0 Å². The second-order valence-electron chi connectivity index (χ2n) is 11.8. The minimum absolute atomic E-state index is 0.0819. The number of rotatable bonds is 13. The van der Waals surface area contributed by atoms with Crippen LogP contribution in [-0.4, -0.2) is 69.6 Å². The first-order valence-corrected chi connectivity index (χ1v) is 16.6. The van der Waals surface area contributed by atoms with Crippen LogP contribution in [0.5, 0.6) is 0 Å². The molecule has 0 unspecified atom stereocenters. The van der Waals surface area contributed by atoms with Crippen LogP contribution in [0.15, 0.2) is 54.0 Å². The molecule has 2 heterocycles. The molecule has 2 amide bonds. The van der Waals surface area contributed by atoms with E-state index < -0.39 is 6.04 Å². The van der Waals surface area contributed by atoms with Crippen molar-refractivity contribution < 1.29 is 9.59 Å². The van der Waals surface area contributed by atoms with E-state index in [1.54, 1.807) is 17.6 Å². The number of hydrogen-bond acceptors (Lipinski definition) is 7. The summed E-state index contributed by atoms with van der Waals surface area (Å²) < 4.78 is 0. The van der Waals surface area contributed by atoms with Crippen LogP contribution in [0.4, 0.5) is 5.13 Å². The fraction of sp³-hybridized carbons (Fsp3) is 0.500. The number of nitrogens with one attached hydrogen (secondary N) is 1. The molecule has 1 aliphatic heterocycles. The fourth-order valence-corrected chi connectivity index (χ4v) is 6.76. The van der Waals surface area contributed by atoms with Crippen molar-refractivity contribution in [2.24, 2.45) is 11.7 Å². The summed E-state index contributed by atoms with van der Waals surface area (Å²) in [6.07, 6.45) is 3.05. The Bertz CT molecular complexity index is 1330. The van der Waals surface area contributed by atoms with Crippen LogP contribution in [0.1, 0.15) is 63.5 Å². The number of anilines is 1. The highest BCUT2D eigenvalue weighted by atomic mass is 35.5. The Morgan fingerprint density at radius 1 is 1.07 bits per heavy atom. The Morgan fingerprint density at radius 3 is 2.49 bits per heavy atom. The predicted molar refractivity (Wildman–Crippen MR) is 176 cm³/mol. The van der Waals surface area contributed by atoms with E-state index in [0.717, 1.165) is 35.5 Å². The number of hydrogen-bond donors (Lipinski definition) is 2. The van der Waals surface area contributed by atoms with Gasteiger partial charge < -0.3 is 20.9 Å². The van der Waals surface area contributed by atoms with E-state index >= 15 is 0 Å². The number of benzene rings is 2. The van der Waals surface area contributed by atoms with Crippen molar-refractivity contribution in [1.82, 2.24) is 20.0 Å². The topological polar surface area (TPSA) is 104 Å². The number of nitrogens with two attached hydrogens (primary N) is 1. The van der Waals surface area contributed by atoms with Crippen molar-refractivity contribution >= 4 is 51.5 Å². The van der Waals surface area contributed by atoms with Gasteiger partial charge in [-0.2, -0.15) is 0 Å². The Labute approximate surface area is 268 Å². The number of carbonyl (C=O) groups is 2. The maximum atomic E-state index is 14.0. The molecule has 1 fully saturated rings. The highest BCUT2D eigenvalue weighted by Gasteiger charge is 2.40. The van der Waals surface area contributed by atoms with Crippen molar-refractivity contribution in [3.05, 3.63) is 75.2 Å². The summed E-state index contributed by atoms with van der Waals surface area (Å²) in [4.78, 5) is 31.8. The molecule has 1 aliphatic rings. The minimum atomic E-state index is -0.763. The highest BCUT2D eigenvalue weighted by Crippen LogP contribution is 2.29. The van der Waals surface area contributed by atoms with Gasteiger partial charge in [0.05, 0.1) is 6.04 Å². The average molecular weight is 646 g/mol. The van der Waals surface area contributed by atoms with E-state index in [-0.39, 0.29) is 29.8 Å². The van der Waals surface area contributed by atoms with Crippen molar-refractivity contribution in [3.8, 4) is 0 Å². The van der Waals surface area contributed by atoms with Crippen molar-refractivity contribution in [2.75, 3.05) is 25.0 Å². The summed E-state index contributed by atoms with van der Waals surface area (Å²) in [6, 6.07) is 14.4. The smallest absolute Gasteiger partial charge is 0.240 e. The van der Waals surface area contributed by atoms with Crippen LogP contribution in [-0.2, 0) is 16.0 Å². The van der Waals surface area contributed by atoms with Gasteiger partial charge in [-0.15, -0.1) is 10.2 Å². The van der Waals surface area contributed by atoms with Crippen LogP contribution in [0.2, 0.25) is 10.0 Å². The third-order valence-corrected chi connectivity index (χ3v) is 9.25. The summed E-state index contributed by atoms with van der Waals surface area (Å²) in [5.74, 6) is 0.466. The number of halogens is 2. The van der Waals surface area contributed by atoms with Crippen molar-refractivity contribution in [2.45, 2.75) is 76.9 Å². The van der Waals surface area contributed by atoms with Crippen LogP contribution < -0.4 is 11.1 Å². The molecule has 1 aromatic heterocycles. The minimum Gasteiger partial charge on any atom is -0.360 e. The molecule has 0 spiro atoms. The SMILES string of the molecule is CC(C)C[C@@H]1CN(C(=O)[C@H](N)Cc2ccc(Cl)cc2Cl)[C@@H](CCCNc2nncs2)CN1C(=O)C[C@@H](C)c1ccccc1. The number of nitrogens with zero attached hydrogens (tertiary/aromatic N) is 4. The van der Waals surface area contributed by atoms with Gasteiger partial charge in [-0.05, 0) is 60.8 Å². The van der Waals surface area contributed by atoms with Gasteiger partial charge in [0.1, 0.15) is 5.51 Å². The van der Waals surface area contributed by atoms with Crippen molar-refractivity contribution in [3.63, 3.8) is 0 Å². The zero-order chi connectivity index (χ0) is 30.9. The maximum absolute atomic E-state index is 14.0. The Balaban J connectivity index is 1.52. The van der Waals surface area contributed by atoms with Crippen molar-refractivity contribution in [1.29, 1.82) is 0 Å². The Kier molecular flexibility index (Phi) is 12.2. The van der Waals surface area contributed by atoms with E-state index in [1.807, 2.05) is 34.1 Å². The lowest BCUT2D eigenvalue weighted by molar-refractivity contribution is -0.148. The quantitative estimate of drug-likeness (QED) is 0.213. The second kappa shape index (κ2) is 15.8. The lowest BCUT2D eigenvalue weighted by Gasteiger charge is -2.48. The largest absolute Gasteiger partial charge is 0.360 e. The molecule has 0 radical (unpaired) electrons. The lowest BCUT2D eigenvalue weighted by atomic mass is 9.92. The molecule has 1 saturated heterocycles. The molecule has 4 rings (SSSR count). The number of aromatic nitrogens is 2. The first-order valence-electron chi connectivity index (χ1n) is 15.0. The molecule has 0 aliphatic carbocycles.